The Labute approximate surface area is 151 Å². The molecular formula is C19H23F2N3O2. The lowest BCUT2D eigenvalue weighted by Gasteiger charge is -2.35. The highest BCUT2D eigenvalue weighted by molar-refractivity contribution is 5.90. The van der Waals surface area contributed by atoms with Crippen LogP contribution in [0.1, 0.15) is 26.7 Å². The predicted molar refractivity (Wildman–Crippen MR) is 94.6 cm³/mol. The number of benzene rings is 1. The molecule has 26 heavy (non-hydrogen) atoms. The fourth-order valence-electron chi connectivity index (χ4n) is 3.51. The number of hydrogen-bond acceptors (Lipinski definition) is 2. The van der Waals surface area contributed by atoms with Gasteiger partial charge in [0.25, 0.3) is 0 Å². The molecule has 3 fully saturated rings. The first-order valence-corrected chi connectivity index (χ1v) is 8.80. The summed E-state index contributed by atoms with van der Waals surface area (Å²) in [4.78, 5) is 28.6. The number of halogens is 2. The van der Waals surface area contributed by atoms with E-state index in [0.29, 0.717) is 19.6 Å². The average Bonchev–Trinajstić information content (AvgIpc) is 2.87. The molecule has 140 valence electrons. The van der Waals surface area contributed by atoms with Crippen LogP contribution in [0.5, 0.6) is 0 Å². The number of amides is 3. The number of carbonyl (C=O) groups excluding carboxylic acids is 2. The predicted octanol–water partition coefficient (Wildman–Crippen LogP) is 3.39. The molecule has 0 aliphatic carbocycles. The smallest absolute Gasteiger partial charge is 0.322 e. The van der Waals surface area contributed by atoms with Gasteiger partial charge in [-0.2, -0.15) is 0 Å². The lowest BCUT2D eigenvalue weighted by Crippen LogP contribution is -2.48. The summed E-state index contributed by atoms with van der Waals surface area (Å²) in [5.74, 6) is -1.68. The van der Waals surface area contributed by atoms with Gasteiger partial charge in [0, 0.05) is 31.7 Å². The third-order valence-corrected chi connectivity index (χ3v) is 4.95. The molecule has 0 unspecified atom stereocenters. The number of nitrogens with zero attached hydrogens (tertiary/aromatic N) is 2. The summed E-state index contributed by atoms with van der Waals surface area (Å²) in [7, 11) is 0. The van der Waals surface area contributed by atoms with E-state index in [1.807, 2.05) is 24.8 Å². The van der Waals surface area contributed by atoms with Crippen LogP contribution in [0, 0.1) is 17.6 Å². The summed E-state index contributed by atoms with van der Waals surface area (Å²) < 4.78 is 26.8. The topological polar surface area (TPSA) is 52.7 Å². The van der Waals surface area contributed by atoms with Gasteiger partial charge in [0.1, 0.15) is 11.6 Å². The van der Waals surface area contributed by atoms with E-state index in [0.717, 1.165) is 30.5 Å². The van der Waals surface area contributed by atoms with Crippen LogP contribution in [0.15, 0.2) is 29.8 Å². The molecule has 1 aromatic carbocycles. The van der Waals surface area contributed by atoms with Gasteiger partial charge in [-0.05, 0) is 38.8 Å². The number of fused-ring (bicyclic) bond motifs is 4. The lowest BCUT2D eigenvalue weighted by atomic mass is 9.94. The highest BCUT2D eigenvalue weighted by atomic mass is 19.1. The molecule has 3 amide bonds. The van der Waals surface area contributed by atoms with Gasteiger partial charge in [0.2, 0.25) is 5.91 Å². The van der Waals surface area contributed by atoms with Gasteiger partial charge in [0.15, 0.2) is 0 Å². The van der Waals surface area contributed by atoms with Gasteiger partial charge in [-0.1, -0.05) is 11.6 Å². The van der Waals surface area contributed by atoms with E-state index in [1.54, 1.807) is 4.90 Å². The van der Waals surface area contributed by atoms with Crippen molar-refractivity contribution in [2.75, 3.05) is 25.0 Å². The first kappa shape index (κ1) is 18.4. The summed E-state index contributed by atoms with van der Waals surface area (Å²) in [5, 5.41) is 2.49. The Morgan fingerprint density at radius 3 is 2.73 bits per heavy atom. The van der Waals surface area contributed by atoms with Crippen LogP contribution >= 0.6 is 0 Å². The summed E-state index contributed by atoms with van der Waals surface area (Å²) in [5.41, 5.74) is 1.07. The maximum atomic E-state index is 13.8. The van der Waals surface area contributed by atoms with Crippen LogP contribution < -0.4 is 5.32 Å². The first-order chi connectivity index (χ1) is 12.3. The van der Waals surface area contributed by atoms with Crippen molar-refractivity contribution in [1.82, 2.24) is 9.80 Å². The Bertz CT molecular complexity index is 746. The maximum absolute atomic E-state index is 13.8. The third kappa shape index (κ3) is 3.86. The highest BCUT2D eigenvalue weighted by Gasteiger charge is 2.41. The molecule has 1 aromatic rings. The van der Waals surface area contributed by atoms with Crippen LogP contribution in [0.4, 0.5) is 19.3 Å². The first-order valence-electron chi connectivity index (χ1n) is 8.80. The van der Waals surface area contributed by atoms with Crippen LogP contribution in [-0.2, 0) is 4.79 Å². The van der Waals surface area contributed by atoms with E-state index in [9.17, 15) is 18.4 Å². The van der Waals surface area contributed by atoms with Gasteiger partial charge in [-0.15, -0.1) is 0 Å². The zero-order chi connectivity index (χ0) is 18.8. The molecule has 0 saturated carbocycles. The number of hydrogen-bond donors (Lipinski definition) is 1. The van der Waals surface area contributed by atoms with Crippen LogP contribution in [0.2, 0.25) is 0 Å². The molecule has 4 rings (SSSR count). The maximum Gasteiger partial charge on any atom is 0.322 e. The molecule has 3 aliphatic rings. The molecular weight excluding hydrogens is 340 g/mol. The zero-order valence-electron chi connectivity index (χ0n) is 15.0. The van der Waals surface area contributed by atoms with Crippen molar-refractivity contribution in [3.8, 4) is 0 Å². The van der Waals surface area contributed by atoms with Gasteiger partial charge >= 0.3 is 6.03 Å². The van der Waals surface area contributed by atoms with Gasteiger partial charge in [-0.25, -0.2) is 13.6 Å². The van der Waals surface area contributed by atoms with E-state index >= 15 is 0 Å². The van der Waals surface area contributed by atoms with E-state index in [1.165, 1.54) is 6.07 Å². The Kier molecular flexibility index (Phi) is 5.25. The van der Waals surface area contributed by atoms with Gasteiger partial charge in [-0.3, -0.25) is 4.79 Å². The molecule has 3 saturated heterocycles. The normalized spacial score (nSPS) is 22.2. The number of carbonyl (C=O) groups is 2. The second-order valence-electron chi connectivity index (χ2n) is 7.16. The van der Waals surface area contributed by atoms with E-state index in [-0.39, 0.29) is 23.6 Å². The standard InChI is InChI=1S/C19H23F2N3O2/c1-12(2)7-8-24-15-5-3-13(18(24)25)10-23(11-15)19(26)22-17-6-4-14(20)9-16(17)21/h4,6-7,9,13,15H,3,5,8,10-11H2,1-2H3,(H,22,26)/t13-,15+/m0/s1. The SMILES string of the molecule is CC(C)=CCN1C(=O)[C@H]2CC[C@@H]1CN(C(=O)Nc1ccc(F)cc1F)C2. The molecule has 0 radical (unpaired) electrons. The second-order valence-corrected chi connectivity index (χ2v) is 7.16. The number of allylic oxidation sites excluding steroid dienone is 1. The average molecular weight is 363 g/mol. The van der Waals surface area contributed by atoms with Crippen molar-refractivity contribution in [2.24, 2.45) is 5.92 Å². The highest BCUT2D eigenvalue weighted by Crippen LogP contribution is 2.29. The number of urea groups is 1. The minimum Gasteiger partial charge on any atom is -0.334 e. The third-order valence-electron chi connectivity index (χ3n) is 4.95. The number of rotatable bonds is 3. The Morgan fingerprint density at radius 1 is 1.27 bits per heavy atom. The second kappa shape index (κ2) is 7.43. The molecule has 1 N–H and O–H groups in total. The van der Waals surface area contributed by atoms with Crippen molar-refractivity contribution in [3.05, 3.63) is 41.5 Å². The number of piperidine rings is 1. The van der Waals surface area contributed by atoms with E-state index in [2.05, 4.69) is 5.32 Å². The Balaban J connectivity index is 1.73. The zero-order valence-corrected chi connectivity index (χ0v) is 15.0. The summed E-state index contributed by atoms with van der Waals surface area (Å²) in [6.45, 7) is 5.24. The molecule has 5 nitrogen and oxygen atoms in total. The molecule has 2 atom stereocenters. The molecule has 3 heterocycles. The number of nitrogens with one attached hydrogen (secondary N) is 1. The fraction of sp³-hybridized carbons (Fsp3) is 0.474. The quantitative estimate of drug-likeness (QED) is 0.837. The van der Waals surface area contributed by atoms with Crippen molar-refractivity contribution < 1.29 is 18.4 Å². The minimum absolute atomic E-state index is 0.0411. The molecule has 0 spiro atoms. The van der Waals surface area contributed by atoms with E-state index < -0.39 is 17.7 Å². The van der Waals surface area contributed by atoms with Crippen molar-refractivity contribution >= 4 is 17.6 Å². The largest absolute Gasteiger partial charge is 0.334 e. The Morgan fingerprint density at radius 2 is 2.04 bits per heavy atom. The lowest BCUT2D eigenvalue weighted by molar-refractivity contribution is -0.139. The van der Waals surface area contributed by atoms with Crippen molar-refractivity contribution in [3.63, 3.8) is 0 Å². The van der Waals surface area contributed by atoms with Crippen molar-refractivity contribution in [2.45, 2.75) is 32.7 Å². The number of anilines is 1. The summed E-state index contributed by atoms with van der Waals surface area (Å²) >= 11 is 0. The molecule has 3 aliphatic heterocycles. The Hall–Kier alpha value is -2.44. The summed E-state index contributed by atoms with van der Waals surface area (Å²) in [6, 6.07) is 2.51. The van der Waals surface area contributed by atoms with Crippen LogP contribution in [0.25, 0.3) is 0 Å². The monoisotopic (exact) mass is 363 g/mol. The van der Waals surface area contributed by atoms with E-state index in [4.69, 9.17) is 0 Å². The van der Waals surface area contributed by atoms with Crippen LogP contribution in [0.3, 0.4) is 0 Å². The minimum atomic E-state index is -0.822. The van der Waals surface area contributed by atoms with Gasteiger partial charge in [0.05, 0.1) is 11.6 Å². The molecule has 7 heteroatoms. The van der Waals surface area contributed by atoms with Crippen molar-refractivity contribution in [1.29, 1.82) is 0 Å². The van der Waals surface area contributed by atoms with Crippen LogP contribution in [-0.4, -0.2) is 47.4 Å². The molecule has 0 aromatic heterocycles. The molecule has 2 bridgehead atoms. The fourth-order valence-corrected chi connectivity index (χ4v) is 3.51. The summed E-state index contributed by atoms with van der Waals surface area (Å²) in [6.07, 6.45) is 3.61. The van der Waals surface area contributed by atoms with Gasteiger partial charge < -0.3 is 15.1 Å².